The van der Waals surface area contributed by atoms with Gasteiger partial charge in [-0.2, -0.15) is 0 Å². The average molecular weight is 341 g/mol. The fourth-order valence-electron chi connectivity index (χ4n) is 3.70. The van der Waals surface area contributed by atoms with Gasteiger partial charge in [-0.3, -0.25) is 9.59 Å². The Morgan fingerprint density at radius 3 is 2.38 bits per heavy atom. The highest BCUT2D eigenvalue weighted by atomic mass is 16.3. The minimum atomic E-state index is -0.756. The van der Waals surface area contributed by atoms with Crippen molar-refractivity contribution in [2.45, 2.75) is 5.92 Å². The molecule has 1 amide bonds. The highest BCUT2D eigenvalue weighted by Crippen LogP contribution is 2.34. The van der Waals surface area contributed by atoms with Gasteiger partial charge in [0.25, 0.3) is 0 Å². The summed E-state index contributed by atoms with van der Waals surface area (Å²) in [5.41, 5.74) is 3.03. The van der Waals surface area contributed by atoms with Gasteiger partial charge >= 0.3 is 0 Å². The Bertz CT molecular complexity index is 1160. The minimum Gasteiger partial charge on any atom is -0.456 e. The molecule has 1 atom stereocenters. The van der Waals surface area contributed by atoms with Crippen LogP contribution < -0.4 is 4.90 Å². The Morgan fingerprint density at radius 1 is 0.808 bits per heavy atom. The summed E-state index contributed by atoms with van der Waals surface area (Å²) in [5.74, 6) is -1.01. The molecule has 0 saturated carbocycles. The average Bonchev–Trinajstić information content (AvgIpc) is 3.19. The molecule has 4 nitrogen and oxygen atoms in total. The first-order valence-electron chi connectivity index (χ1n) is 8.53. The van der Waals surface area contributed by atoms with Crippen molar-refractivity contribution in [3.8, 4) is 0 Å². The van der Waals surface area contributed by atoms with E-state index in [0.29, 0.717) is 0 Å². The maximum atomic E-state index is 12.9. The monoisotopic (exact) mass is 341 g/mol. The van der Waals surface area contributed by atoms with E-state index in [9.17, 15) is 9.59 Å². The maximum Gasteiger partial charge on any atom is 0.242 e. The van der Waals surface area contributed by atoms with Gasteiger partial charge in [0.2, 0.25) is 5.91 Å². The van der Waals surface area contributed by atoms with E-state index in [4.69, 9.17) is 4.42 Å². The highest BCUT2D eigenvalue weighted by Gasteiger charge is 2.41. The molecule has 1 saturated heterocycles. The van der Waals surface area contributed by atoms with E-state index in [1.165, 1.54) is 0 Å². The second-order valence-electron chi connectivity index (χ2n) is 6.51. The predicted molar refractivity (Wildman–Crippen MR) is 100 cm³/mol. The summed E-state index contributed by atoms with van der Waals surface area (Å²) < 4.78 is 5.83. The molecule has 0 aliphatic carbocycles. The molecule has 0 bridgehead atoms. The van der Waals surface area contributed by atoms with Crippen molar-refractivity contribution >= 4 is 39.3 Å². The number of rotatable bonds is 2. The lowest BCUT2D eigenvalue weighted by molar-refractivity contribution is -0.123. The van der Waals surface area contributed by atoms with Crippen molar-refractivity contribution in [3.63, 3.8) is 0 Å². The first-order chi connectivity index (χ1) is 12.7. The van der Waals surface area contributed by atoms with E-state index >= 15 is 0 Å². The fraction of sp³-hybridized carbons (Fsp3) is 0.0909. The van der Waals surface area contributed by atoms with Crippen LogP contribution in [-0.4, -0.2) is 18.2 Å². The summed E-state index contributed by atoms with van der Waals surface area (Å²) in [6.45, 7) is 0.109. The number of benzene rings is 3. The predicted octanol–water partition coefficient (Wildman–Crippen LogP) is 4.29. The van der Waals surface area contributed by atoms with Crippen LogP contribution in [0.15, 0.2) is 77.2 Å². The number of furan rings is 1. The smallest absolute Gasteiger partial charge is 0.242 e. The lowest BCUT2D eigenvalue weighted by atomic mass is 9.95. The quantitative estimate of drug-likeness (QED) is 0.511. The van der Waals surface area contributed by atoms with Gasteiger partial charge in [-0.25, -0.2) is 0 Å². The van der Waals surface area contributed by atoms with E-state index in [1.54, 1.807) is 4.90 Å². The fourth-order valence-corrected chi connectivity index (χ4v) is 3.70. The number of anilines is 1. The number of ketones is 1. The standard InChI is InChI=1S/C22H15NO3/c24-18-13-23(15-6-2-1-3-7-15)22(25)21(18)14-10-11-20-17(12-14)16-8-4-5-9-19(16)26-20/h1-12,21H,13H2. The Balaban J connectivity index is 1.60. The third kappa shape index (κ3) is 2.15. The third-order valence-corrected chi connectivity index (χ3v) is 4.95. The number of carbonyl (C=O) groups is 2. The molecule has 1 unspecified atom stereocenters. The first-order valence-corrected chi connectivity index (χ1v) is 8.53. The molecule has 1 aliphatic rings. The van der Waals surface area contributed by atoms with Crippen LogP contribution in [0, 0.1) is 0 Å². The van der Waals surface area contributed by atoms with E-state index < -0.39 is 5.92 Å². The number of hydrogen-bond acceptors (Lipinski definition) is 3. The zero-order chi connectivity index (χ0) is 17.7. The van der Waals surface area contributed by atoms with Crippen molar-refractivity contribution < 1.29 is 14.0 Å². The second-order valence-corrected chi connectivity index (χ2v) is 6.51. The molecule has 1 aliphatic heterocycles. The molecule has 0 radical (unpaired) electrons. The van der Waals surface area contributed by atoms with Crippen LogP contribution >= 0.6 is 0 Å². The molecular formula is C22H15NO3. The summed E-state index contributed by atoms with van der Waals surface area (Å²) >= 11 is 0. The molecule has 126 valence electrons. The van der Waals surface area contributed by atoms with Crippen LogP contribution in [0.3, 0.4) is 0 Å². The van der Waals surface area contributed by atoms with Gasteiger partial charge in [-0.1, -0.05) is 42.5 Å². The Labute approximate surface area is 149 Å². The van der Waals surface area contributed by atoms with Crippen LogP contribution in [0.25, 0.3) is 21.9 Å². The first kappa shape index (κ1) is 14.9. The second kappa shape index (κ2) is 5.56. The van der Waals surface area contributed by atoms with Gasteiger partial charge in [0, 0.05) is 16.5 Å². The van der Waals surface area contributed by atoms with E-state index in [2.05, 4.69) is 0 Å². The molecule has 2 heterocycles. The summed E-state index contributed by atoms with van der Waals surface area (Å²) in [6.07, 6.45) is 0. The lowest BCUT2D eigenvalue weighted by Gasteiger charge is -2.15. The normalized spacial score (nSPS) is 17.5. The van der Waals surface area contributed by atoms with Crippen molar-refractivity contribution in [2.75, 3.05) is 11.4 Å². The number of hydrogen-bond donors (Lipinski definition) is 0. The van der Waals surface area contributed by atoms with Gasteiger partial charge in [-0.15, -0.1) is 0 Å². The molecule has 0 N–H and O–H groups in total. The van der Waals surface area contributed by atoms with Crippen molar-refractivity contribution in [3.05, 3.63) is 78.4 Å². The minimum absolute atomic E-state index is 0.0778. The molecule has 5 rings (SSSR count). The third-order valence-electron chi connectivity index (χ3n) is 4.95. The van der Waals surface area contributed by atoms with E-state index in [1.807, 2.05) is 72.8 Å². The molecule has 1 fully saturated rings. The summed E-state index contributed by atoms with van der Waals surface area (Å²) in [7, 11) is 0. The zero-order valence-electron chi connectivity index (χ0n) is 13.9. The molecule has 4 heteroatoms. The molecule has 26 heavy (non-hydrogen) atoms. The van der Waals surface area contributed by atoms with Crippen molar-refractivity contribution in [1.29, 1.82) is 0 Å². The lowest BCUT2D eigenvalue weighted by Crippen LogP contribution is -2.26. The number of fused-ring (bicyclic) bond motifs is 3. The topological polar surface area (TPSA) is 50.5 Å². The SMILES string of the molecule is O=C1CN(c2ccccc2)C(=O)C1c1ccc2oc3ccccc3c2c1. The van der Waals surface area contributed by atoms with Gasteiger partial charge in [-0.05, 0) is 35.9 Å². The van der Waals surface area contributed by atoms with Gasteiger partial charge in [0.05, 0.1) is 6.54 Å². The Hall–Kier alpha value is -3.40. The van der Waals surface area contributed by atoms with Crippen LogP contribution in [0.2, 0.25) is 0 Å². The van der Waals surface area contributed by atoms with Crippen molar-refractivity contribution in [1.82, 2.24) is 0 Å². The highest BCUT2D eigenvalue weighted by molar-refractivity contribution is 6.21. The summed E-state index contributed by atoms with van der Waals surface area (Å²) in [5, 5.41) is 1.92. The molecule has 4 aromatic rings. The Morgan fingerprint density at radius 2 is 1.54 bits per heavy atom. The number of para-hydroxylation sites is 2. The van der Waals surface area contributed by atoms with Crippen molar-refractivity contribution in [2.24, 2.45) is 0 Å². The largest absolute Gasteiger partial charge is 0.456 e. The molecular weight excluding hydrogens is 326 g/mol. The van der Waals surface area contributed by atoms with Crippen LogP contribution in [0.4, 0.5) is 5.69 Å². The zero-order valence-corrected chi connectivity index (χ0v) is 13.9. The molecule has 1 aromatic heterocycles. The van der Waals surface area contributed by atoms with Gasteiger partial charge in [0.1, 0.15) is 17.1 Å². The van der Waals surface area contributed by atoms with Crippen LogP contribution in [0.1, 0.15) is 11.5 Å². The van der Waals surface area contributed by atoms with Gasteiger partial charge < -0.3 is 9.32 Å². The maximum absolute atomic E-state index is 12.9. The summed E-state index contributed by atoms with van der Waals surface area (Å²) in [4.78, 5) is 27.1. The molecule has 3 aromatic carbocycles. The van der Waals surface area contributed by atoms with E-state index in [0.717, 1.165) is 33.2 Å². The number of carbonyl (C=O) groups excluding carboxylic acids is 2. The Kier molecular flexibility index (Phi) is 3.19. The number of Topliss-reactive ketones (excluding diaryl/α,β-unsaturated/α-hetero) is 1. The van der Waals surface area contributed by atoms with Crippen LogP contribution in [-0.2, 0) is 9.59 Å². The summed E-state index contributed by atoms with van der Waals surface area (Å²) in [6, 6.07) is 22.7. The number of amides is 1. The number of nitrogens with zero attached hydrogens (tertiary/aromatic N) is 1. The van der Waals surface area contributed by atoms with E-state index in [-0.39, 0.29) is 18.2 Å². The molecule has 0 spiro atoms. The van der Waals surface area contributed by atoms with Crippen LogP contribution in [0.5, 0.6) is 0 Å². The van der Waals surface area contributed by atoms with Gasteiger partial charge in [0.15, 0.2) is 5.78 Å².